The minimum Gasteiger partial charge on any atom is -0.387 e. The minimum absolute atomic E-state index is 0.260. The van der Waals surface area contributed by atoms with Gasteiger partial charge in [0.25, 0.3) is 0 Å². The molecule has 1 aromatic heterocycles. The summed E-state index contributed by atoms with van der Waals surface area (Å²) >= 11 is 0. The van der Waals surface area contributed by atoms with Crippen LogP contribution >= 0.6 is 0 Å². The third-order valence-corrected chi connectivity index (χ3v) is 2.68. The van der Waals surface area contributed by atoms with Gasteiger partial charge in [0.2, 0.25) is 0 Å². The number of hydrogen-bond acceptors (Lipinski definition) is 3. The summed E-state index contributed by atoms with van der Waals surface area (Å²) in [6.07, 6.45) is 6.75. The highest BCUT2D eigenvalue weighted by molar-refractivity contribution is 5.09. The highest BCUT2D eigenvalue weighted by Crippen LogP contribution is 2.31. The summed E-state index contributed by atoms with van der Waals surface area (Å²) in [7, 11) is 0. The second-order valence-corrected chi connectivity index (χ2v) is 3.59. The van der Waals surface area contributed by atoms with Gasteiger partial charge in [-0.25, -0.2) is 0 Å². The minimum atomic E-state index is -0.561. The predicted molar refractivity (Wildman–Crippen MR) is 49.1 cm³/mol. The van der Waals surface area contributed by atoms with E-state index in [1.54, 1.807) is 6.20 Å². The third-order valence-electron chi connectivity index (χ3n) is 2.68. The molecule has 2 rings (SSSR count). The van der Waals surface area contributed by atoms with Gasteiger partial charge < -0.3 is 10.8 Å². The molecule has 0 saturated heterocycles. The summed E-state index contributed by atoms with van der Waals surface area (Å²) < 4.78 is 1.94. The molecule has 0 aliphatic heterocycles. The highest BCUT2D eigenvalue weighted by Gasteiger charge is 2.20. The van der Waals surface area contributed by atoms with E-state index in [9.17, 15) is 5.11 Å². The zero-order valence-electron chi connectivity index (χ0n) is 7.56. The molecule has 13 heavy (non-hydrogen) atoms. The van der Waals surface area contributed by atoms with Gasteiger partial charge in [0.05, 0.1) is 18.3 Å². The first-order chi connectivity index (χ1) is 6.31. The normalized spacial score (nSPS) is 19.8. The lowest BCUT2D eigenvalue weighted by Gasteiger charge is -2.25. The van der Waals surface area contributed by atoms with Crippen molar-refractivity contribution in [1.29, 1.82) is 0 Å². The van der Waals surface area contributed by atoms with E-state index < -0.39 is 6.10 Å². The lowest BCUT2D eigenvalue weighted by atomic mass is 9.93. The lowest BCUT2D eigenvalue weighted by Crippen LogP contribution is -2.17. The van der Waals surface area contributed by atoms with E-state index in [1.807, 2.05) is 10.9 Å². The van der Waals surface area contributed by atoms with Crippen molar-refractivity contribution in [2.45, 2.75) is 31.4 Å². The Morgan fingerprint density at radius 3 is 3.00 bits per heavy atom. The molecule has 1 aliphatic rings. The molecule has 0 aromatic carbocycles. The SMILES string of the molecule is NC[C@H](O)c1cnn(C2CCC2)c1. The van der Waals surface area contributed by atoms with Crippen molar-refractivity contribution in [1.82, 2.24) is 9.78 Å². The Morgan fingerprint density at radius 2 is 2.46 bits per heavy atom. The van der Waals surface area contributed by atoms with Crippen molar-refractivity contribution in [3.63, 3.8) is 0 Å². The third kappa shape index (κ3) is 1.59. The van der Waals surface area contributed by atoms with Crippen molar-refractivity contribution < 1.29 is 5.11 Å². The molecule has 1 aromatic rings. The number of nitrogens with zero attached hydrogens (tertiary/aromatic N) is 2. The standard InChI is InChI=1S/C9H15N3O/c10-4-9(13)7-5-11-12(6-7)8-2-1-3-8/h5-6,8-9,13H,1-4,10H2/t9-/m0/s1. The first kappa shape index (κ1) is 8.72. The molecular weight excluding hydrogens is 166 g/mol. The predicted octanol–water partition coefficient (Wildman–Crippen LogP) is 0.600. The second kappa shape index (κ2) is 3.47. The number of hydrogen-bond donors (Lipinski definition) is 2. The van der Waals surface area contributed by atoms with Crippen molar-refractivity contribution in [2.75, 3.05) is 6.54 Å². The molecule has 4 nitrogen and oxygen atoms in total. The molecule has 1 atom stereocenters. The number of rotatable bonds is 3. The maximum Gasteiger partial charge on any atom is 0.0942 e. The van der Waals surface area contributed by atoms with Crippen molar-refractivity contribution in [3.05, 3.63) is 18.0 Å². The lowest BCUT2D eigenvalue weighted by molar-refractivity contribution is 0.186. The van der Waals surface area contributed by atoms with Crippen LogP contribution in [0.2, 0.25) is 0 Å². The Morgan fingerprint density at radius 1 is 1.69 bits per heavy atom. The molecule has 0 bridgehead atoms. The van der Waals surface area contributed by atoms with Gasteiger partial charge in [-0.3, -0.25) is 4.68 Å². The fraction of sp³-hybridized carbons (Fsp3) is 0.667. The molecule has 0 spiro atoms. The van der Waals surface area contributed by atoms with Crippen LogP contribution in [-0.2, 0) is 0 Å². The largest absolute Gasteiger partial charge is 0.387 e. The molecule has 1 aliphatic carbocycles. The Bertz CT molecular complexity index is 261. The summed E-state index contributed by atoms with van der Waals surface area (Å²) in [4.78, 5) is 0. The molecule has 72 valence electrons. The van der Waals surface area contributed by atoms with Crippen LogP contribution in [0.15, 0.2) is 12.4 Å². The van der Waals surface area contributed by atoms with E-state index in [0.29, 0.717) is 6.04 Å². The quantitative estimate of drug-likeness (QED) is 0.717. The monoisotopic (exact) mass is 181 g/mol. The fourth-order valence-corrected chi connectivity index (χ4v) is 1.51. The van der Waals surface area contributed by atoms with E-state index >= 15 is 0 Å². The number of aromatic nitrogens is 2. The van der Waals surface area contributed by atoms with Gasteiger partial charge in [0.15, 0.2) is 0 Å². The summed E-state index contributed by atoms with van der Waals surface area (Å²) in [5, 5.41) is 13.6. The number of aliphatic hydroxyl groups is 1. The van der Waals surface area contributed by atoms with Gasteiger partial charge in [0, 0.05) is 18.3 Å². The second-order valence-electron chi connectivity index (χ2n) is 3.59. The Kier molecular flexibility index (Phi) is 2.33. The van der Waals surface area contributed by atoms with Crippen LogP contribution in [0.25, 0.3) is 0 Å². The van der Waals surface area contributed by atoms with Crippen molar-refractivity contribution in [3.8, 4) is 0 Å². The van der Waals surface area contributed by atoms with Crippen LogP contribution in [0, 0.1) is 0 Å². The number of nitrogens with two attached hydrogens (primary N) is 1. The van der Waals surface area contributed by atoms with E-state index in [2.05, 4.69) is 5.10 Å². The smallest absolute Gasteiger partial charge is 0.0942 e. The van der Waals surface area contributed by atoms with Crippen LogP contribution in [0.3, 0.4) is 0 Å². The van der Waals surface area contributed by atoms with E-state index in [4.69, 9.17) is 5.73 Å². The van der Waals surface area contributed by atoms with Crippen LogP contribution in [0.1, 0.15) is 37.0 Å². The van der Waals surface area contributed by atoms with Crippen LogP contribution in [0.5, 0.6) is 0 Å². The molecular formula is C9H15N3O. The summed E-state index contributed by atoms with van der Waals surface area (Å²) in [5.74, 6) is 0. The van der Waals surface area contributed by atoms with Crippen LogP contribution in [0.4, 0.5) is 0 Å². The molecule has 0 radical (unpaired) electrons. The van der Waals surface area contributed by atoms with Crippen LogP contribution in [-0.4, -0.2) is 21.4 Å². The average molecular weight is 181 g/mol. The topological polar surface area (TPSA) is 64.1 Å². The van der Waals surface area contributed by atoms with Crippen LogP contribution < -0.4 is 5.73 Å². The molecule has 1 fully saturated rings. The van der Waals surface area contributed by atoms with E-state index in [0.717, 1.165) is 5.56 Å². The van der Waals surface area contributed by atoms with Gasteiger partial charge >= 0.3 is 0 Å². The van der Waals surface area contributed by atoms with Gasteiger partial charge in [-0.15, -0.1) is 0 Å². The molecule has 0 unspecified atom stereocenters. The van der Waals surface area contributed by atoms with E-state index in [-0.39, 0.29) is 6.54 Å². The van der Waals surface area contributed by atoms with Gasteiger partial charge in [-0.2, -0.15) is 5.10 Å². The van der Waals surface area contributed by atoms with Crippen molar-refractivity contribution in [2.24, 2.45) is 5.73 Å². The maximum absolute atomic E-state index is 9.44. The zero-order valence-corrected chi connectivity index (χ0v) is 7.56. The molecule has 0 amide bonds. The Labute approximate surface area is 77.4 Å². The van der Waals surface area contributed by atoms with E-state index in [1.165, 1.54) is 19.3 Å². The number of aliphatic hydroxyl groups excluding tert-OH is 1. The summed E-state index contributed by atoms with van der Waals surface area (Å²) in [6.45, 7) is 0.260. The zero-order chi connectivity index (χ0) is 9.26. The average Bonchev–Trinajstić information content (AvgIpc) is 2.49. The van der Waals surface area contributed by atoms with Gasteiger partial charge in [0.1, 0.15) is 0 Å². The molecule has 3 N–H and O–H groups in total. The summed E-state index contributed by atoms with van der Waals surface area (Å²) in [6, 6.07) is 0.554. The molecule has 1 saturated carbocycles. The van der Waals surface area contributed by atoms with Crippen molar-refractivity contribution >= 4 is 0 Å². The summed E-state index contributed by atoms with van der Waals surface area (Å²) in [5.41, 5.74) is 6.18. The Balaban J connectivity index is 2.08. The molecule has 1 heterocycles. The Hall–Kier alpha value is -0.870. The van der Waals surface area contributed by atoms with Gasteiger partial charge in [-0.1, -0.05) is 0 Å². The highest BCUT2D eigenvalue weighted by atomic mass is 16.3. The fourth-order valence-electron chi connectivity index (χ4n) is 1.51. The first-order valence-corrected chi connectivity index (χ1v) is 4.73. The van der Waals surface area contributed by atoms with Gasteiger partial charge in [-0.05, 0) is 19.3 Å². The maximum atomic E-state index is 9.44. The first-order valence-electron chi connectivity index (χ1n) is 4.73. The molecule has 4 heteroatoms.